The van der Waals surface area contributed by atoms with E-state index in [2.05, 4.69) is 4.98 Å². The molecule has 10 heteroatoms. The van der Waals surface area contributed by atoms with Gasteiger partial charge in [0, 0.05) is 11.6 Å². The summed E-state index contributed by atoms with van der Waals surface area (Å²) in [6.07, 6.45) is 1.97. The summed E-state index contributed by atoms with van der Waals surface area (Å²) >= 11 is 5.99. The first kappa shape index (κ1) is 23.2. The highest BCUT2D eigenvalue weighted by Gasteiger charge is 2.29. The predicted molar refractivity (Wildman–Crippen MR) is 122 cm³/mol. The van der Waals surface area contributed by atoms with Gasteiger partial charge in [0.25, 0.3) is 11.5 Å². The van der Waals surface area contributed by atoms with Crippen LogP contribution in [0.4, 0.5) is 11.5 Å². The van der Waals surface area contributed by atoms with Crippen LogP contribution in [-0.2, 0) is 17.9 Å². The highest BCUT2D eigenvalue weighted by molar-refractivity contribution is 6.30. The number of nitrogens with two attached hydrogens (primary N) is 1. The Kier molecular flexibility index (Phi) is 7.42. The van der Waals surface area contributed by atoms with Gasteiger partial charge in [-0.05, 0) is 43.7 Å². The van der Waals surface area contributed by atoms with Crippen LogP contribution in [0.1, 0.15) is 32.4 Å². The summed E-state index contributed by atoms with van der Waals surface area (Å²) < 4.78 is 12.4. The number of H-pyrrole nitrogens is 1. The first-order valence-electron chi connectivity index (χ1n) is 10.2. The van der Waals surface area contributed by atoms with E-state index in [-0.39, 0.29) is 18.1 Å². The monoisotopic (exact) mass is 460 g/mol. The second kappa shape index (κ2) is 10.2. The highest BCUT2D eigenvalue weighted by atomic mass is 35.5. The van der Waals surface area contributed by atoms with Gasteiger partial charge in [-0.15, -0.1) is 0 Å². The van der Waals surface area contributed by atoms with Crippen LogP contribution >= 0.6 is 11.6 Å². The molecule has 9 nitrogen and oxygen atoms in total. The number of carbonyl (C=O) groups is 1. The number of aromatic nitrogens is 2. The van der Waals surface area contributed by atoms with E-state index in [0.717, 1.165) is 6.42 Å². The molecular formula is C22H25ClN4O5. The van der Waals surface area contributed by atoms with Gasteiger partial charge in [-0.1, -0.05) is 31.0 Å². The maximum absolute atomic E-state index is 13.4. The second-order valence-corrected chi connectivity index (χ2v) is 7.66. The Morgan fingerprint density at radius 1 is 1.31 bits per heavy atom. The number of nitrogen functional groups attached to an aromatic ring is 1. The normalized spacial score (nSPS) is 11.8. The number of amides is 1. The highest BCUT2D eigenvalue weighted by Crippen LogP contribution is 2.23. The van der Waals surface area contributed by atoms with E-state index in [9.17, 15) is 14.4 Å². The van der Waals surface area contributed by atoms with E-state index in [1.54, 1.807) is 43.3 Å². The molecule has 0 aliphatic rings. The maximum Gasteiger partial charge on any atom is 0.330 e. The minimum absolute atomic E-state index is 0.0751. The fourth-order valence-corrected chi connectivity index (χ4v) is 3.40. The van der Waals surface area contributed by atoms with Crippen molar-refractivity contribution in [1.82, 2.24) is 9.55 Å². The number of ether oxygens (including phenoxy) is 1. The molecule has 1 atom stereocenters. The van der Waals surface area contributed by atoms with Crippen LogP contribution in [0.5, 0.6) is 5.75 Å². The molecule has 0 radical (unpaired) electrons. The lowest BCUT2D eigenvalue weighted by Gasteiger charge is -2.26. The standard InChI is InChI=1S/C22H25ClN4O5/c1-3-4-10-26-19(24)18(20(28)25-22(26)30)27(13-17-9-6-11-31-17)21(29)14(2)32-16-8-5-7-15(23)12-16/h5-9,11-12,14H,3-4,10,13,24H2,1-2H3,(H,25,28,30). The van der Waals surface area contributed by atoms with Crippen molar-refractivity contribution in [2.45, 2.75) is 45.9 Å². The Bertz CT molecular complexity index is 1190. The van der Waals surface area contributed by atoms with Crippen molar-refractivity contribution < 1.29 is 13.9 Å². The zero-order valence-electron chi connectivity index (χ0n) is 17.8. The van der Waals surface area contributed by atoms with Crippen molar-refractivity contribution in [3.05, 3.63) is 74.3 Å². The summed E-state index contributed by atoms with van der Waals surface area (Å²) in [4.78, 5) is 41.9. The van der Waals surface area contributed by atoms with Crippen LogP contribution in [0.15, 0.2) is 56.7 Å². The molecule has 0 saturated carbocycles. The smallest absolute Gasteiger partial charge is 0.330 e. The number of aromatic amines is 1. The average Bonchev–Trinajstić information content (AvgIpc) is 3.25. The van der Waals surface area contributed by atoms with E-state index in [1.807, 2.05) is 6.92 Å². The third-order valence-electron chi connectivity index (χ3n) is 4.84. The summed E-state index contributed by atoms with van der Waals surface area (Å²) in [6.45, 7) is 3.75. The number of benzene rings is 1. The van der Waals surface area contributed by atoms with Gasteiger partial charge in [-0.3, -0.25) is 24.0 Å². The molecule has 170 valence electrons. The minimum Gasteiger partial charge on any atom is -0.481 e. The van der Waals surface area contributed by atoms with Crippen LogP contribution in [0, 0.1) is 0 Å². The Hall–Kier alpha value is -3.46. The van der Waals surface area contributed by atoms with Gasteiger partial charge in [0.1, 0.15) is 17.3 Å². The summed E-state index contributed by atoms with van der Waals surface area (Å²) in [5.74, 6) is 0.186. The number of rotatable bonds is 9. The lowest BCUT2D eigenvalue weighted by molar-refractivity contribution is -0.124. The van der Waals surface area contributed by atoms with E-state index >= 15 is 0 Å². The number of furan rings is 1. The first-order chi connectivity index (χ1) is 15.3. The number of hydrogen-bond acceptors (Lipinski definition) is 6. The number of anilines is 2. The van der Waals surface area contributed by atoms with Crippen molar-refractivity contribution in [2.24, 2.45) is 0 Å². The average molecular weight is 461 g/mol. The molecule has 3 aromatic rings. The summed E-state index contributed by atoms with van der Waals surface area (Å²) in [5, 5.41) is 0.457. The number of carbonyl (C=O) groups excluding carboxylic acids is 1. The van der Waals surface area contributed by atoms with E-state index in [4.69, 9.17) is 26.5 Å². The molecule has 0 aliphatic heterocycles. The molecule has 32 heavy (non-hydrogen) atoms. The van der Waals surface area contributed by atoms with Gasteiger partial charge < -0.3 is 14.9 Å². The molecule has 1 aromatic carbocycles. The largest absolute Gasteiger partial charge is 0.481 e. The van der Waals surface area contributed by atoms with Gasteiger partial charge in [0.15, 0.2) is 11.8 Å². The molecule has 1 amide bonds. The first-order valence-corrected chi connectivity index (χ1v) is 10.6. The van der Waals surface area contributed by atoms with E-state index < -0.39 is 23.3 Å². The third kappa shape index (κ3) is 5.23. The van der Waals surface area contributed by atoms with Crippen molar-refractivity contribution in [3.63, 3.8) is 0 Å². The number of nitrogens with zero attached hydrogens (tertiary/aromatic N) is 2. The molecule has 2 aromatic heterocycles. The molecule has 0 saturated heterocycles. The van der Waals surface area contributed by atoms with Gasteiger partial charge >= 0.3 is 5.69 Å². The summed E-state index contributed by atoms with van der Waals surface area (Å²) in [6, 6.07) is 9.96. The van der Waals surface area contributed by atoms with Crippen LogP contribution in [0.3, 0.4) is 0 Å². The molecule has 0 spiro atoms. The maximum atomic E-state index is 13.4. The van der Waals surface area contributed by atoms with Gasteiger partial charge in [0.2, 0.25) is 0 Å². The van der Waals surface area contributed by atoms with E-state index in [0.29, 0.717) is 29.5 Å². The number of hydrogen-bond donors (Lipinski definition) is 2. The topological polar surface area (TPSA) is 124 Å². The second-order valence-electron chi connectivity index (χ2n) is 7.22. The van der Waals surface area contributed by atoms with Gasteiger partial charge in [-0.25, -0.2) is 4.79 Å². The molecule has 2 heterocycles. The lowest BCUT2D eigenvalue weighted by atomic mass is 10.2. The van der Waals surface area contributed by atoms with Crippen molar-refractivity contribution in [1.29, 1.82) is 0 Å². The SMILES string of the molecule is CCCCn1c(N)c(N(Cc2ccco2)C(=O)C(C)Oc2cccc(Cl)c2)c(=O)[nH]c1=O. The van der Waals surface area contributed by atoms with Crippen LogP contribution in [0.25, 0.3) is 0 Å². The molecule has 3 N–H and O–H groups in total. The van der Waals surface area contributed by atoms with Crippen LogP contribution in [-0.4, -0.2) is 21.6 Å². The summed E-state index contributed by atoms with van der Waals surface area (Å²) in [5.41, 5.74) is 4.70. The molecule has 1 unspecified atom stereocenters. The van der Waals surface area contributed by atoms with E-state index in [1.165, 1.54) is 15.7 Å². The zero-order chi connectivity index (χ0) is 23.3. The Morgan fingerprint density at radius 3 is 2.75 bits per heavy atom. The van der Waals surface area contributed by atoms with Gasteiger partial charge in [-0.2, -0.15) is 0 Å². The van der Waals surface area contributed by atoms with Crippen LogP contribution < -0.4 is 26.6 Å². The molecule has 0 fully saturated rings. The van der Waals surface area contributed by atoms with Crippen molar-refractivity contribution in [3.8, 4) is 5.75 Å². The Morgan fingerprint density at radius 2 is 2.09 bits per heavy atom. The number of nitrogens with one attached hydrogen (secondary N) is 1. The molecule has 0 bridgehead atoms. The number of unbranched alkanes of at least 4 members (excludes halogenated alkanes) is 1. The fourth-order valence-electron chi connectivity index (χ4n) is 3.22. The Labute approximate surface area is 189 Å². The van der Waals surface area contributed by atoms with Crippen molar-refractivity contribution >= 4 is 29.0 Å². The summed E-state index contributed by atoms with van der Waals surface area (Å²) in [7, 11) is 0. The minimum atomic E-state index is -0.988. The quantitative estimate of drug-likeness (QED) is 0.505. The van der Waals surface area contributed by atoms with Gasteiger partial charge in [0.05, 0.1) is 12.8 Å². The number of halogens is 1. The molecule has 3 rings (SSSR count). The molecular weight excluding hydrogens is 436 g/mol. The van der Waals surface area contributed by atoms with Crippen molar-refractivity contribution in [2.75, 3.05) is 10.6 Å². The zero-order valence-corrected chi connectivity index (χ0v) is 18.6. The predicted octanol–water partition coefficient (Wildman–Crippen LogP) is 3.17. The van der Waals surface area contributed by atoms with Crippen LogP contribution in [0.2, 0.25) is 5.02 Å². The Balaban J connectivity index is 2.02. The lowest BCUT2D eigenvalue weighted by Crippen LogP contribution is -2.45. The third-order valence-corrected chi connectivity index (χ3v) is 5.07. The molecule has 0 aliphatic carbocycles. The fraction of sp³-hybridized carbons (Fsp3) is 0.318.